The Hall–Kier alpha value is -3.62. The second kappa shape index (κ2) is 10.1. The number of ether oxygens (including phenoxy) is 1. The number of anilines is 2. The lowest BCUT2D eigenvalue weighted by Gasteiger charge is -2.20. The molecule has 1 heterocycles. The number of esters is 1. The number of nitrogens with one attached hydrogen (secondary N) is 2. The number of aryl methyl sites for hydroxylation is 1. The van der Waals surface area contributed by atoms with Gasteiger partial charge in [0.1, 0.15) is 11.3 Å². The normalized spacial score (nSPS) is 10.2. The molecule has 0 radical (unpaired) electrons. The van der Waals surface area contributed by atoms with Gasteiger partial charge in [0.15, 0.2) is 6.61 Å². The van der Waals surface area contributed by atoms with Gasteiger partial charge in [0.25, 0.3) is 5.91 Å². The van der Waals surface area contributed by atoms with E-state index in [1.807, 2.05) is 0 Å². The van der Waals surface area contributed by atoms with Gasteiger partial charge in [0.2, 0.25) is 11.8 Å². The van der Waals surface area contributed by atoms with Crippen molar-refractivity contribution in [1.82, 2.24) is 4.90 Å². The number of hydrogen-bond donors (Lipinski definition) is 2. The minimum atomic E-state index is -0.663. The Morgan fingerprint density at radius 1 is 1.03 bits per heavy atom. The lowest BCUT2D eigenvalue weighted by molar-refractivity contribution is -0.137. The van der Waals surface area contributed by atoms with E-state index < -0.39 is 24.4 Å². The van der Waals surface area contributed by atoms with Gasteiger partial charge in [-0.15, -0.1) is 0 Å². The third-order valence-corrected chi connectivity index (χ3v) is 3.96. The van der Waals surface area contributed by atoms with E-state index in [1.165, 1.54) is 24.2 Å². The highest BCUT2D eigenvalue weighted by atomic mass is 16.5. The molecule has 2 N–H and O–H groups in total. The maximum Gasteiger partial charge on any atom is 0.342 e. The van der Waals surface area contributed by atoms with Gasteiger partial charge in [0, 0.05) is 24.8 Å². The fraction of sp³-hybridized carbons (Fsp3) is 0.300. The van der Waals surface area contributed by atoms with Crippen LogP contribution in [0.4, 0.5) is 11.4 Å². The van der Waals surface area contributed by atoms with E-state index in [4.69, 9.17) is 9.15 Å². The van der Waals surface area contributed by atoms with Gasteiger partial charge in [-0.1, -0.05) is 0 Å². The average Bonchev–Trinajstić information content (AvgIpc) is 3.11. The van der Waals surface area contributed by atoms with Gasteiger partial charge in [-0.05, 0) is 44.2 Å². The summed E-state index contributed by atoms with van der Waals surface area (Å²) in [5, 5.41) is 5.30. The largest absolute Gasteiger partial charge is 0.469 e. The predicted octanol–water partition coefficient (Wildman–Crippen LogP) is 2.19. The van der Waals surface area contributed by atoms with Gasteiger partial charge in [-0.3, -0.25) is 14.4 Å². The van der Waals surface area contributed by atoms with Crippen LogP contribution >= 0.6 is 0 Å². The van der Waals surface area contributed by atoms with E-state index in [9.17, 15) is 19.2 Å². The first-order valence-electron chi connectivity index (χ1n) is 8.96. The van der Waals surface area contributed by atoms with Gasteiger partial charge in [0.05, 0.1) is 12.8 Å². The highest BCUT2D eigenvalue weighted by molar-refractivity contribution is 5.96. The van der Waals surface area contributed by atoms with Crippen LogP contribution in [0.1, 0.15) is 30.0 Å². The number of benzene rings is 1. The molecule has 1 aromatic carbocycles. The Bertz CT molecular complexity index is 888. The summed E-state index contributed by atoms with van der Waals surface area (Å²) in [5.41, 5.74) is 1.38. The van der Waals surface area contributed by atoms with Crippen molar-refractivity contribution >= 4 is 35.1 Å². The molecule has 0 aliphatic carbocycles. The molecule has 0 fully saturated rings. The van der Waals surface area contributed by atoms with Crippen LogP contribution in [0.25, 0.3) is 0 Å². The number of furan rings is 1. The van der Waals surface area contributed by atoms with Crippen LogP contribution in [0.5, 0.6) is 0 Å². The first-order chi connectivity index (χ1) is 13.8. The van der Waals surface area contributed by atoms with Crippen LogP contribution in [-0.2, 0) is 19.1 Å². The number of amides is 3. The zero-order valence-electron chi connectivity index (χ0n) is 16.5. The molecule has 0 unspecified atom stereocenters. The molecule has 0 bridgehead atoms. The summed E-state index contributed by atoms with van der Waals surface area (Å²) in [6, 6.07) is 8.03. The Kier molecular flexibility index (Phi) is 7.53. The molecule has 0 aliphatic heterocycles. The lowest BCUT2D eigenvalue weighted by Crippen LogP contribution is -2.40. The Morgan fingerprint density at radius 2 is 1.66 bits per heavy atom. The van der Waals surface area contributed by atoms with Crippen molar-refractivity contribution < 1.29 is 28.3 Å². The first-order valence-corrected chi connectivity index (χ1v) is 8.96. The van der Waals surface area contributed by atoms with Crippen LogP contribution < -0.4 is 10.6 Å². The Labute approximate surface area is 168 Å². The zero-order valence-corrected chi connectivity index (χ0v) is 16.5. The van der Waals surface area contributed by atoms with Gasteiger partial charge in [-0.2, -0.15) is 0 Å². The van der Waals surface area contributed by atoms with E-state index in [0.717, 1.165) is 0 Å². The van der Waals surface area contributed by atoms with Crippen molar-refractivity contribution in [1.29, 1.82) is 0 Å². The topological polar surface area (TPSA) is 118 Å². The molecule has 154 valence electrons. The van der Waals surface area contributed by atoms with Crippen molar-refractivity contribution in [2.75, 3.05) is 30.3 Å². The number of carbonyl (C=O) groups is 4. The third-order valence-electron chi connectivity index (χ3n) is 3.96. The molecule has 3 amide bonds. The molecule has 29 heavy (non-hydrogen) atoms. The summed E-state index contributed by atoms with van der Waals surface area (Å²) < 4.78 is 10.0. The predicted molar refractivity (Wildman–Crippen MR) is 105 cm³/mol. The van der Waals surface area contributed by atoms with Crippen molar-refractivity contribution in [3.63, 3.8) is 0 Å². The fourth-order valence-corrected chi connectivity index (χ4v) is 2.48. The van der Waals surface area contributed by atoms with Crippen LogP contribution in [0.15, 0.2) is 41.0 Å². The quantitative estimate of drug-likeness (QED) is 0.655. The number of rotatable bonds is 8. The number of hydrogen-bond acceptors (Lipinski definition) is 6. The van der Waals surface area contributed by atoms with E-state index in [1.54, 1.807) is 38.1 Å². The molecule has 0 aliphatic rings. The molecule has 2 rings (SSSR count). The van der Waals surface area contributed by atoms with E-state index in [2.05, 4.69) is 10.6 Å². The van der Waals surface area contributed by atoms with Crippen molar-refractivity contribution in [3.8, 4) is 0 Å². The standard InChI is InChI=1S/C20H23N3O6/c1-4-23(19(26)12-29-20(27)17-9-10-28-13(17)2)11-18(25)22-16-7-5-15(6-8-16)21-14(3)24/h5-10H,4,11-12H2,1-3H3,(H,21,24)(H,22,25). The second-order valence-corrected chi connectivity index (χ2v) is 6.18. The number of nitrogens with zero attached hydrogens (tertiary/aromatic N) is 1. The SMILES string of the molecule is CCN(CC(=O)Nc1ccc(NC(C)=O)cc1)C(=O)COC(=O)c1ccoc1C. The van der Waals surface area contributed by atoms with Crippen LogP contribution in [0.2, 0.25) is 0 Å². The maximum absolute atomic E-state index is 12.3. The van der Waals surface area contributed by atoms with Gasteiger partial charge < -0.3 is 24.7 Å². The fourth-order valence-electron chi connectivity index (χ4n) is 2.48. The smallest absolute Gasteiger partial charge is 0.342 e. The molecule has 0 spiro atoms. The zero-order chi connectivity index (χ0) is 21.4. The average molecular weight is 401 g/mol. The third kappa shape index (κ3) is 6.49. The molecule has 0 saturated heterocycles. The molecule has 9 heteroatoms. The summed E-state index contributed by atoms with van der Waals surface area (Å²) in [7, 11) is 0. The highest BCUT2D eigenvalue weighted by Gasteiger charge is 2.19. The van der Waals surface area contributed by atoms with Crippen molar-refractivity contribution in [3.05, 3.63) is 47.9 Å². The Balaban J connectivity index is 1.85. The van der Waals surface area contributed by atoms with E-state index in [0.29, 0.717) is 17.1 Å². The van der Waals surface area contributed by atoms with Crippen LogP contribution in [0.3, 0.4) is 0 Å². The molecule has 9 nitrogen and oxygen atoms in total. The minimum Gasteiger partial charge on any atom is -0.469 e. The molecule has 2 aromatic rings. The highest BCUT2D eigenvalue weighted by Crippen LogP contribution is 2.14. The summed E-state index contributed by atoms with van der Waals surface area (Å²) in [6.07, 6.45) is 1.36. The number of carbonyl (C=O) groups excluding carboxylic acids is 4. The summed E-state index contributed by atoms with van der Waals surface area (Å²) in [4.78, 5) is 48.7. The molecule has 0 saturated carbocycles. The summed E-state index contributed by atoms with van der Waals surface area (Å²) in [6.45, 7) is 4.34. The second-order valence-electron chi connectivity index (χ2n) is 6.18. The van der Waals surface area contributed by atoms with Gasteiger partial charge in [-0.25, -0.2) is 4.79 Å². The monoisotopic (exact) mass is 401 g/mol. The molecular formula is C20H23N3O6. The van der Waals surface area contributed by atoms with Crippen molar-refractivity contribution in [2.24, 2.45) is 0 Å². The summed E-state index contributed by atoms with van der Waals surface area (Å²) >= 11 is 0. The molecule has 0 atom stereocenters. The summed E-state index contributed by atoms with van der Waals surface area (Å²) in [5.74, 6) is -1.34. The first kappa shape index (κ1) is 21.7. The minimum absolute atomic E-state index is 0.189. The van der Waals surface area contributed by atoms with E-state index in [-0.39, 0.29) is 24.6 Å². The lowest BCUT2D eigenvalue weighted by atomic mass is 10.2. The Morgan fingerprint density at radius 3 is 2.17 bits per heavy atom. The molecular weight excluding hydrogens is 378 g/mol. The number of likely N-dealkylation sites (N-methyl/N-ethyl adjacent to an activating group) is 1. The maximum atomic E-state index is 12.3. The van der Waals surface area contributed by atoms with Crippen molar-refractivity contribution in [2.45, 2.75) is 20.8 Å². The van der Waals surface area contributed by atoms with Gasteiger partial charge >= 0.3 is 5.97 Å². The van der Waals surface area contributed by atoms with E-state index >= 15 is 0 Å². The van der Waals surface area contributed by atoms with Crippen LogP contribution in [0, 0.1) is 6.92 Å². The van der Waals surface area contributed by atoms with Crippen LogP contribution in [-0.4, -0.2) is 48.3 Å². The molecule has 1 aromatic heterocycles.